The van der Waals surface area contributed by atoms with Crippen molar-refractivity contribution in [3.8, 4) is 5.69 Å². The zero-order valence-corrected chi connectivity index (χ0v) is 6.61. The molecule has 0 N–H and O–H groups in total. The molecule has 0 fully saturated rings. The van der Waals surface area contributed by atoms with Crippen molar-refractivity contribution < 1.29 is 8.78 Å². The molecule has 2 nitrogen and oxygen atoms in total. The third kappa shape index (κ3) is 1.42. The van der Waals surface area contributed by atoms with Gasteiger partial charge in [-0.2, -0.15) is 0 Å². The van der Waals surface area contributed by atoms with Gasteiger partial charge in [-0.3, -0.25) is 0 Å². The molecule has 1 heterocycles. The summed E-state index contributed by atoms with van der Waals surface area (Å²) in [4.78, 5) is 3.80. The fourth-order valence-corrected chi connectivity index (χ4v) is 1.06. The molecule has 0 spiro atoms. The Morgan fingerprint density at radius 2 is 2.00 bits per heavy atom. The number of imidazole rings is 1. The summed E-state index contributed by atoms with van der Waals surface area (Å²) in [5, 5.41) is 0. The van der Waals surface area contributed by atoms with E-state index in [2.05, 4.69) is 4.98 Å². The van der Waals surface area contributed by atoms with Gasteiger partial charge in [0.25, 0.3) is 0 Å². The average molecular weight is 180 g/mol. The molecular weight excluding hydrogens is 174 g/mol. The summed E-state index contributed by atoms with van der Waals surface area (Å²) in [6.07, 6.45) is 4.75. The first-order valence-corrected chi connectivity index (χ1v) is 3.71. The van der Waals surface area contributed by atoms with Gasteiger partial charge >= 0.3 is 0 Å². The molecule has 0 aliphatic carbocycles. The minimum absolute atomic E-state index is 0.552. The molecule has 4 heteroatoms. The number of aromatic nitrogens is 2. The lowest BCUT2D eigenvalue weighted by Gasteiger charge is -2.01. The molecule has 0 amide bonds. The molecular formula is C9H6F2N2. The van der Waals surface area contributed by atoms with Crippen molar-refractivity contribution in [2.45, 2.75) is 0 Å². The Morgan fingerprint density at radius 1 is 1.15 bits per heavy atom. The summed E-state index contributed by atoms with van der Waals surface area (Å²) in [5.74, 6) is -1.70. The van der Waals surface area contributed by atoms with Crippen LogP contribution in [-0.2, 0) is 0 Å². The van der Waals surface area contributed by atoms with Crippen molar-refractivity contribution in [3.05, 3.63) is 48.6 Å². The van der Waals surface area contributed by atoms with Crippen molar-refractivity contribution in [3.63, 3.8) is 0 Å². The number of hydrogen-bond donors (Lipinski definition) is 0. The number of nitrogens with zero attached hydrogens (tertiary/aromatic N) is 2. The third-order valence-corrected chi connectivity index (χ3v) is 1.71. The molecule has 0 aliphatic rings. The van der Waals surface area contributed by atoms with Crippen LogP contribution in [0.2, 0.25) is 0 Å². The number of benzene rings is 1. The first-order valence-electron chi connectivity index (χ1n) is 3.71. The van der Waals surface area contributed by atoms with Crippen molar-refractivity contribution in [2.75, 3.05) is 0 Å². The van der Waals surface area contributed by atoms with E-state index in [1.54, 1.807) is 17.0 Å². The second kappa shape index (κ2) is 2.97. The van der Waals surface area contributed by atoms with Gasteiger partial charge in [0.15, 0.2) is 11.6 Å². The Kier molecular flexibility index (Phi) is 1.81. The van der Waals surface area contributed by atoms with E-state index in [4.69, 9.17) is 0 Å². The van der Waals surface area contributed by atoms with Gasteiger partial charge in [0.2, 0.25) is 0 Å². The Bertz CT molecular complexity index is 410. The molecule has 0 radical (unpaired) electrons. The minimum Gasteiger partial charge on any atom is -0.306 e. The number of rotatable bonds is 1. The second-order valence-electron chi connectivity index (χ2n) is 2.57. The molecule has 1 aromatic carbocycles. The van der Waals surface area contributed by atoms with Crippen LogP contribution in [0.15, 0.2) is 36.9 Å². The van der Waals surface area contributed by atoms with Crippen LogP contribution in [0.3, 0.4) is 0 Å². The normalized spacial score (nSPS) is 10.3. The summed E-state index contributed by atoms with van der Waals surface area (Å²) < 4.78 is 26.9. The topological polar surface area (TPSA) is 17.8 Å². The standard InChI is InChI=1S/C9H6F2N2/c10-8-2-1-7(5-9(8)11)13-4-3-12-6-13/h1-6H. The highest BCUT2D eigenvalue weighted by atomic mass is 19.2. The molecule has 0 saturated carbocycles. The van der Waals surface area contributed by atoms with E-state index in [0.717, 1.165) is 12.1 Å². The molecule has 0 aliphatic heterocycles. The molecule has 0 bridgehead atoms. The Hall–Kier alpha value is -1.71. The molecule has 0 saturated heterocycles. The largest absolute Gasteiger partial charge is 0.306 e. The summed E-state index contributed by atoms with van der Waals surface area (Å²) in [6, 6.07) is 3.70. The summed E-state index contributed by atoms with van der Waals surface area (Å²) in [7, 11) is 0. The first kappa shape index (κ1) is 7.91. The van der Waals surface area contributed by atoms with Crippen molar-refractivity contribution in [2.24, 2.45) is 0 Å². The van der Waals surface area contributed by atoms with Gasteiger partial charge in [0.1, 0.15) is 0 Å². The van der Waals surface area contributed by atoms with Crippen LogP contribution >= 0.6 is 0 Å². The number of hydrogen-bond acceptors (Lipinski definition) is 1. The lowest BCUT2D eigenvalue weighted by Crippen LogP contribution is -1.92. The van der Waals surface area contributed by atoms with E-state index in [-0.39, 0.29) is 0 Å². The predicted molar refractivity (Wildman–Crippen MR) is 43.5 cm³/mol. The maximum Gasteiger partial charge on any atom is 0.160 e. The minimum atomic E-state index is -0.855. The van der Waals surface area contributed by atoms with Crippen LogP contribution in [0.5, 0.6) is 0 Å². The van der Waals surface area contributed by atoms with E-state index >= 15 is 0 Å². The van der Waals surface area contributed by atoms with Gasteiger partial charge in [-0.25, -0.2) is 13.8 Å². The number of halogens is 2. The first-order chi connectivity index (χ1) is 6.27. The van der Waals surface area contributed by atoms with Crippen LogP contribution in [0, 0.1) is 11.6 Å². The highest BCUT2D eigenvalue weighted by molar-refractivity contribution is 5.32. The molecule has 13 heavy (non-hydrogen) atoms. The van der Waals surface area contributed by atoms with Gasteiger partial charge in [0.05, 0.1) is 6.33 Å². The van der Waals surface area contributed by atoms with Crippen molar-refractivity contribution in [1.29, 1.82) is 0 Å². The highest BCUT2D eigenvalue weighted by Crippen LogP contribution is 2.12. The lowest BCUT2D eigenvalue weighted by atomic mass is 10.3. The van der Waals surface area contributed by atoms with Crippen LogP contribution < -0.4 is 0 Å². The summed E-state index contributed by atoms with van der Waals surface area (Å²) in [5.41, 5.74) is 0.552. The molecule has 66 valence electrons. The van der Waals surface area contributed by atoms with Crippen LogP contribution in [-0.4, -0.2) is 9.55 Å². The highest BCUT2D eigenvalue weighted by Gasteiger charge is 2.02. The summed E-state index contributed by atoms with van der Waals surface area (Å²) >= 11 is 0. The van der Waals surface area contributed by atoms with E-state index in [1.165, 1.54) is 12.4 Å². The van der Waals surface area contributed by atoms with Crippen molar-refractivity contribution >= 4 is 0 Å². The fourth-order valence-electron chi connectivity index (χ4n) is 1.06. The van der Waals surface area contributed by atoms with E-state index in [9.17, 15) is 8.78 Å². The van der Waals surface area contributed by atoms with Crippen LogP contribution in [0.25, 0.3) is 5.69 Å². The van der Waals surface area contributed by atoms with Gasteiger partial charge in [-0.15, -0.1) is 0 Å². The van der Waals surface area contributed by atoms with Crippen LogP contribution in [0.1, 0.15) is 0 Å². The predicted octanol–water partition coefficient (Wildman–Crippen LogP) is 2.15. The average Bonchev–Trinajstić information content (AvgIpc) is 2.62. The SMILES string of the molecule is Fc1ccc(-n2ccnc2)cc1F. The van der Waals surface area contributed by atoms with Crippen molar-refractivity contribution in [1.82, 2.24) is 9.55 Å². The van der Waals surface area contributed by atoms with Gasteiger partial charge in [0, 0.05) is 24.1 Å². The third-order valence-electron chi connectivity index (χ3n) is 1.71. The van der Waals surface area contributed by atoms with E-state index in [0.29, 0.717) is 5.69 Å². The van der Waals surface area contributed by atoms with Gasteiger partial charge < -0.3 is 4.57 Å². The lowest BCUT2D eigenvalue weighted by molar-refractivity contribution is 0.508. The van der Waals surface area contributed by atoms with Crippen LogP contribution in [0.4, 0.5) is 8.78 Å². The van der Waals surface area contributed by atoms with Gasteiger partial charge in [-0.1, -0.05) is 0 Å². The monoisotopic (exact) mass is 180 g/mol. The maximum absolute atomic E-state index is 12.8. The molecule has 0 atom stereocenters. The fraction of sp³-hybridized carbons (Fsp3) is 0. The zero-order chi connectivity index (χ0) is 9.26. The summed E-state index contributed by atoms with van der Waals surface area (Å²) in [6.45, 7) is 0. The molecule has 1 aromatic heterocycles. The quantitative estimate of drug-likeness (QED) is 0.657. The molecule has 2 rings (SSSR count). The Balaban J connectivity index is 2.49. The van der Waals surface area contributed by atoms with E-state index in [1.807, 2.05) is 0 Å². The smallest absolute Gasteiger partial charge is 0.160 e. The van der Waals surface area contributed by atoms with Gasteiger partial charge in [-0.05, 0) is 12.1 Å². The Morgan fingerprint density at radius 3 is 2.62 bits per heavy atom. The second-order valence-corrected chi connectivity index (χ2v) is 2.57. The molecule has 0 unspecified atom stereocenters. The zero-order valence-electron chi connectivity index (χ0n) is 6.61. The molecule has 2 aromatic rings. The Labute approximate surface area is 73.5 Å². The maximum atomic E-state index is 12.8. The van der Waals surface area contributed by atoms with E-state index < -0.39 is 11.6 Å².